The summed E-state index contributed by atoms with van der Waals surface area (Å²) in [5.74, 6) is 0.929. The van der Waals surface area contributed by atoms with Crippen molar-refractivity contribution in [3.05, 3.63) is 10.4 Å². The van der Waals surface area contributed by atoms with Gasteiger partial charge in [-0.3, -0.25) is 4.90 Å². The molecule has 2 fully saturated rings. The SMILES string of the molecule is [N-]=[N+]=NCCN1CCC[C@H]2CCCC[C@H]21. The fourth-order valence-electron chi connectivity index (χ4n) is 3.22. The van der Waals surface area contributed by atoms with E-state index in [1.807, 2.05) is 0 Å². The van der Waals surface area contributed by atoms with Crippen LogP contribution >= 0.6 is 0 Å². The Kier molecular flexibility index (Phi) is 3.87. The van der Waals surface area contributed by atoms with Crippen molar-refractivity contribution in [1.82, 2.24) is 4.90 Å². The second-order valence-corrected chi connectivity index (χ2v) is 4.74. The highest BCUT2D eigenvalue weighted by Gasteiger charge is 2.32. The van der Waals surface area contributed by atoms with Crippen LogP contribution in [0.25, 0.3) is 10.4 Å². The first kappa shape index (κ1) is 10.8. The first-order chi connectivity index (χ1) is 7.42. The van der Waals surface area contributed by atoms with E-state index in [0.29, 0.717) is 6.54 Å². The molecule has 2 rings (SSSR count). The Morgan fingerprint density at radius 3 is 2.87 bits per heavy atom. The standard InChI is InChI=1S/C11H20N4/c12-14-13-7-9-15-8-3-5-10-4-1-2-6-11(10)15/h10-11H,1-9H2/t10-,11-/m1/s1. The van der Waals surface area contributed by atoms with Gasteiger partial charge in [-0.1, -0.05) is 18.0 Å². The Bertz CT molecular complexity index is 245. The van der Waals surface area contributed by atoms with Crippen LogP contribution in [-0.2, 0) is 0 Å². The molecule has 0 amide bonds. The van der Waals surface area contributed by atoms with Gasteiger partial charge in [-0.05, 0) is 43.7 Å². The van der Waals surface area contributed by atoms with Crippen LogP contribution in [0.3, 0.4) is 0 Å². The lowest BCUT2D eigenvalue weighted by Gasteiger charge is -2.44. The van der Waals surface area contributed by atoms with Crippen LogP contribution < -0.4 is 0 Å². The van der Waals surface area contributed by atoms with Crippen LogP contribution in [0.5, 0.6) is 0 Å². The zero-order valence-electron chi connectivity index (χ0n) is 9.31. The lowest BCUT2D eigenvalue weighted by Crippen LogP contribution is -2.47. The van der Waals surface area contributed by atoms with Gasteiger partial charge < -0.3 is 0 Å². The number of hydrogen-bond donors (Lipinski definition) is 0. The fraction of sp³-hybridized carbons (Fsp3) is 1.00. The number of hydrogen-bond acceptors (Lipinski definition) is 2. The van der Waals surface area contributed by atoms with E-state index in [4.69, 9.17) is 5.53 Å². The van der Waals surface area contributed by atoms with E-state index in [1.54, 1.807) is 0 Å². The van der Waals surface area contributed by atoms with Crippen LogP contribution in [0.1, 0.15) is 38.5 Å². The van der Waals surface area contributed by atoms with Crippen LogP contribution in [0.2, 0.25) is 0 Å². The summed E-state index contributed by atoms with van der Waals surface area (Å²) in [5, 5.41) is 3.64. The molecule has 0 bridgehead atoms. The molecule has 1 aliphatic carbocycles. The molecular formula is C11H20N4. The van der Waals surface area contributed by atoms with Gasteiger partial charge in [-0.25, -0.2) is 0 Å². The summed E-state index contributed by atoms with van der Waals surface area (Å²) >= 11 is 0. The summed E-state index contributed by atoms with van der Waals surface area (Å²) in [7, 11) is 0. The predicted octanol–water partition coefficient (Wildman–Crippen LogP) is 2.95. The van der Waals surface area contributed by atoms with Gasteiger partial charge in [0, 0.05) is 24.0 Å². The zero-order valence-corrected chi connectivity index (χ0v) is 9.31. The number of piperidine rings is 1. The average molecular weight is 208 g/mol. The maximum absolute atomic E-state index is 8.27. The maximum Gasteiger partial charge on any atom is 0.0385 e. The van der Waals surface area contributed by atoms with Crippen molar-refractivity contribution in [1.29, 1.82) is 0 Å². The van der Waals surface area contributed by atoms with Crippen LogP contribution in [0.15, 0.2) is 5.11 Å². The molecule has 15 heavy (non-hydrogen) atoms. The third-order valence-corrected chi connectivity index (χ3v) is 3.91. The van der Waals surface area contributed by atoms with Crippen molar-refractivity contribution < 1.29 is 0 Å². The van der Waals surface area contributed by atoms with E-state index >= 15 is 0 Å². The molecule has 2 aliphatic rings. The Morgan fingerprint density at radius 1 is 1.20 bits per heavy atom. The number of rotatable bonds is 3. The van der Waals surface area contributed by atoms with Gasteiger partial charge in [0.1, 0.15) is 0 Å². The molecule has 0 unspecified atom stereocenters. The minimum atomic E-state index is 0.639. The topological polar surface area (TPSA) is 52.0 Å². The Labute approximate surface area is 91.3 Å². The minimum absolute atomic E-state index is 0.639. The summed E-state index contributed by atoms with van der Waals surface area (Å²) in [6.45, 7) is 2.81. The molecule has 1 saturated heterocycles. The molecule has 0 spiro atoms. The Morgan fingerprint density at radius 2 is 2.00 bits per heavy atom. The van der Waals surface area contributed by atoms with Gasteiger partial charge in [0.05, 0.1) is 0 Å². The molecule has 1 heterocycles. The van der Waals surface area contributed by atoms with Crippen molar-refractivity contribution in [2.24, 2.45) is 11.0 Å². The van der Waals surface area contributed by atoms with Crippen LogP contribution in [0, 0.1) is 5.92 Å². The number of azide groups is 1. The average Bonchev–Trinajstić information content (AvgIpc) is 2.30. The number of fused-ring (bicyclic) bond motifs is 1. The fourth-order valence-corrected chi connectivity index (χ4v) is 3.22. The largest absolute Gasteiger partial charge is 0.300 e. The van der Waals surface area contributed by atoms with Gasteiger partial charge in [-0.2, -0.15) is 0 Å². The van der Waals surface area contributed by atoms with Crippen molar-refractivity contribution in [2.45, 2.75) is 44.6 Å². The van der Waals surface area contributed by atoms with Crippen molar-refractivity contribution in [3.8, 4) is 0 Å². The summed E-state index contributed by atoms with van der Waals surface area (Å²) in [5.41, 5.74) is 8.27. The molecule has 1 saturated carbocycles. The summed E-state index contributed by atoms with van der Waals surface area (Å²) < 4.78 is 0. The Hall–Kier alpha value is -0.730. The molecule has 0 aromatic carbocycles. The van der Waals surface area contributed by atoms with Gasteiger partial charge >= 0.3 is 0 Å². The van der Waals surface area contributed by atoms with E-state index in [-0.39, 0.29) is 0 Å². The van der Waals surface area contributed by atoms with E-state index in [0.717, 1.165) is 18.5 Å². The van der Waals surface area contributed by atoms with Crippen molar-refractivity contribution in [2.75, 3.05) is 19.6 Å². The van der Waals surface area contributed by atoms with Crippen LogP contribution in [-0.4, -0.2) is 30.6 Å². The van der Waals surface area contributed by atoms with Crippen molar-refractivity contribution in [3.63, 3.8) is 0 Å². The minimum Gasteiger partial charge on any atom is -0.300 e. The number of nitrogens with zero attached hydrogens (tertiary/aromatic N) is 4. The highest BCUT2D eigenvalue weighted by atomic mass is 15.2. The molecule has 0 N–H and O–H groups in total. The third kappa shape index (κ3) is 2.64. The van der Waals surface area contributed by atoms with E-state index < -0.39 is 0 Å². The quantitative estimate of drug-likeness (QED) is 0.399. The molecule has 0 radical (unpaired) electrons. The monoisotopic (exact) mass is 208 g/mol. The molecule has 4 nitrogen and oxygen atoms in total. The normalized spacial score (nSPS) is 31.7. The molecular weight excluding hydrogens is 188 g/mol. The number of likely N-dealkylation sites (tertiary alicyclic amines) is 1. The molecule has 1 aliphatic heterocycles. The third-order valence-electron chi connectivity index (χ3n) is 3.91. The first-order valence-electron chi connectivity index (χ1n) is 6.16. The molecule has 84 valence electrons. The van der Waals surface area contributed by atoms with Gasteiger partial charge in [0.15, 0.2) is 0 Å². The second kappa shape index (κ2) is 5.38. The highest BCUT2D eigenvalue weighted by molar-refractivity contribution is 4.87. The lowest BCUT2D eigenvalue weighted by atomic mass is 9.78. The highest BCUT2D eigenvalue weighted by Crippen LogP contribution is 2.34. The summed E-state index contributed by atoms with van der Waals surface area (Å²) in [4.78, 5) is 5.38. The van der Waals surface area contributed by atoms with E-state index in [1.165, 1.54) is 45.1 Å². The maximum atomic E-state index is 8.27. The van der Waals surface area contributed by atoms with Gasteiger partial charge in [0.25, 0.3) is 0 Å². The zero-order chi connectivity index (χ0) is 10.5. The molecule has 0 aromatic rings. The van der Waals surface area contributed by atoms with Crippen LogP contribution in [0.4, 0.5) is 0 Å². The molecule has 2 atom stereocenters. The van der Waals surface area contributed by atoms with E-state index in [9.17, 15) is 0 Å². The predicted molar refractivity (Wildman–Crippen MR) is 60.6 cm³/mol. The van der Waals surface area contributed by atoms with Crippen molar-refractivity contribution >= 4 is 0 Å². The summed E-state index contributed by atoms with van der Waals surface area (Å²) in [6.07, 6.45) is 8.34. The first-order valence-corrected chi connectivity index (χ1v) is 6.16. The van der Waals surface area contributed by atoms with Gasteiger partial charge in [-0.15, -0.1) is 0 Å². The lowest BCUT2D eigenvalue weighted by molar-refractivity contribution is 0.0637. The molecule has 0 aromatic heterocycles. The van der Waals surface area contributed by atoms with Gasteiger partial charge in [0.2, 0.25) is 0 Å². The smallest absolute Gasteiger partial charge is 0.0385 e. The molecule has 4 heteroatoms. The Balaban J connectivity index is 1.88. The second-order valence-electron chi connectivity index (χ2n) is 4.74. The van der Waals surface area contributed by atoms with E-state index in [2.05, 4.69) is 14.9 Å². The summed E-state index contributed by atoms with van der Waals surface area (Å²) in [6, 6.07) is 0.793.